The first-order chi connectivity index (χ1) is 6.68. The van der Waals surface area contributed by atoms with Crippen LogP contribution >= 0.6 is 39.5 Å². The largest absolute Gasteiger partial charge is 0.337 e. The van der Waals surface area contributed by atoms with E-state index in [9.17, 15) is 0 Å². The van der Waals surface area contributed by atoms with Crippen molar-refractivity contribution in [1.29, 1.82) is 0 Å². The standard InChI is InChI=1S/C9H9BrN2S2/c1-6-4-11-9(13)12(6)5-7-2-3-14-8(7)10/h2-4H,5H2,1H3,(H,11,13). The van der Waals surface area contributed by atoms with Crippen molar-refractivity contribution in [2.75, 3.05) is 0 Å². The lowest BCUT2D eigenvalue weighted by Crippen LogP contribution is -2.00. The lowest BCUT2D eigenvalue weighted by Gasteiger charge is -2.03. The lowest BCUT2D eigenvalue weighted by atomic mass is 10.3. The van der Waals surface area contributed by atoms with Crippen molar-refractivity contribution in [3.05, 3.63) is 37.5 Å². The average Bonchev–Trinajstić information content (AvgIpc) is 2.67. The predicted molar refractivity (Wildman–Crippen MR) is 65.5 cm³/mol. The molecular formula is C9H9BrN2S2. The summed E-state index contributed by atoms with van der Waals surface area (Å²) in [5.74, 6) is 0. The van der Waals surface area contributed by atoms with E-state index in [-0.39, 0.29) is 0 Å². The van der Waals surface area contributed by atoms with E-state index in [1.54, 1.807) is 11.3 Å². The molecule has 0 saturated heterocycles. The highest BCUT2D eigenvalue weighted by Crippen LogP contribution is 2.24. The lowest BCUT2D eigenvalue weighted by molar-refractivity contribution is 0.758. The van der Waals surface area contributed by atoms with E-state index in [1.165, 1.54) is 9.35 Å². The number of aromatic nitrogens is 2. The number of imidazole rings is 1. The number of H-pyrrole nitrogens is 1. The molecule has 2 aromatic heterocycles. The number of thiophene rings is 1. The number of hydrogen-bond acceptors (Lipinski definition) is 2. The van der Waals surface area contributed by atoms with Gasteiger partial charge in [0.2, 0.25) is 0 Å². The smallest absolute Gasteiger partial charge is 0.177 e. The molecule has 0 amide bonds. The Labute approximate surface area is 99.7 Å². The zero-order valence-electron chi connectivity index (χ0n) is 7.58. The van der Waals surface area contributed by atoms with Gasteiger partial charge in [-0.05, 0) is 52.1 Å². The molecule has 5 heteroatoms. The van der Waals surface area contributed by atoms with Crippen molar-refractivity contribution in [3.8, 4) is 0 Å². The van der Waals surface area contributed by atoms with Crippen molar-refractivity contribution in [2.45, 2.75) is 13.5 Å². The molecule has 0 fully saturated rings. The van der Waals surface area contributed by atoms with Crippen LogP contribution in [0.15, 0.2) is 21.4 Å². The molecule has 2 rings (SSSR count). The van der Waals surface area contributed by atoms with Crippen LogP contribution in [0.1, 0.15) is 11.3 Å². The first-order valence-corrected chi connectivity index (χ1v) is 6.23. The van der Waals surface area contributed by atoms with E-state index in [0.29, 0.717) is 0 Å². The summed E-state index contributed by atoms with van der Waals surface area (Å²) in [4.78, 5) is 3.03. The Morgan fingerprint density at radius 3 is 2.93 bits per heavy atom. The summed E-state index contributed by atoms with van der Waals surface area (Å²) in [6, 6.07) is 2.11. The van der Waals surface area contributed by atoms with Gasteiger partial charge in [0, 0.05) is 11.9 Å². The zero-order chi connectivity index (χ0) is 10.1. The van der Waals surface area contributed by atoms with Crippen molar-refractivity contribution in [3.63, 3.8) is 0 Å². The van der Waals surface area contributed by atoms with Crippen LogP contribution in [-0.4, -0.2) is 9.55 Å². The summed E-state index contributed by atoms with van der Waals surface area (Å²) < 4.78 is 4.04. The zero-order valence-corrected chi connectivity index (χ0v) is 10.8. The number of nitrogens with one attached hydrogen (secondary N) is 1. The molecule has 0 radical (unpaired) electrons. The molecule has 0 spiro atoms. The van der Waals surface area contributed by atoms with Crippen LogP contribution in [0.25, 0.3) is 0 Å². The second kappa shape index (κ2) is 4.00. The van der Waals surface area contributed by atoms with Crippen LogP contribution in [0.5, 0.6) is 0 Å². The highest BCUT2D eigenvalue weighted by molar-refractivity contribution is 9.11. The molecule has 2 nitrogen and oxygen atoms in total. The van der Waals surface area contributed by atoms with Crippen LogP contribution in [0.4, 0.5) is 0 Å². The molecule has 2 aromatic rings. The van der Waals surface area contributed by atoms with E-state index in [1.807, 2.05) is 13.1 Å². The van der Waals surface area contributed by atoms with Gasteiger partial charge in [0.05, 0.1) is 10.3 Å². The van der Waals surface area contributed by atoms with E-state index in [2.05, 4.69) is 36.9 Å². The number of halogens is 1. The van der Waals surface area contributed by atoms with Crippen LogP contribution in [-0.2, 0) is 6.54 Å². The topological polar surface area (TPSA) is 20.7 Å². The average molecular weight is 289 g/mol. The molecule has 14 heavy (non-hydrogen) atoms. The van der Waals surface area contributed by atoms with Gasteiger partial charge < -0.3 is 9.55 Å². The Morgan fingerprint density at radius 2 is 2.43 bits per heavy atom. The van der Waals surface area contributed by atoms with E-state index >= 15 is 0 Å². The van der Waals surface area contributed by atoms with Crippen LogP contribution in [0.3, 0.4) is 0 Å². The quantitative estimate of drug-likeness (QED) is 0.836. The third-order valence-corrected chi connectivity index (χ3v) is 4.25. The molecule has 0 aliphatic carbocycles. The maximum absolute atomic E-state index is 5.18. The molecule has 0 saturated carbocycles. The number of nitrogens with zero attached hydrogens (tertiary/aromatic N) is 1. The van der Waals surface area contributed by atoms with Crippen LogP contribution < -0.4 is 0 Å². The number of aryl methyl sites for hydroxylation is 1. The van der Waals surface area contributed by atoms with Gasteiger partial charge in [0.1, 0.15) is 0 Å². The third kappa shape index (κ3) is 1.85. The van der Waals surface area contributed by atoms with Gasteiger partial charge in [-0.1, -0.05) is 0 Å². The molecule has 2 heterocycles. The van der Waals surface area contributed by atoms with Gasteiger partial charge in [0.25, 0.3) is 0 Å². The second-order valence-electron chi connectivity index (χ2n) is 3.04. The van der Waals surface area contributed by atoms with Gasteiger partial charge in [-0.2, -0.15) is 0 Å². The highest BCUT2D eigenvalue weighted by Gasteiger charge is 2.04. The maximum Gasteiger partial charge on any atom is 0.177 e. The van der Waals surface area contributed by atoms with Crippen molar-refractivity contribution in [2.24, 2.45) is 0 Å². The summed E-state index contributed by atoms with van der Waals surface area (Å²) in [6.45, 7) is 2.88. The number of hydrogen-bond donors (Lipinski definition) is 1. The van der Waals surface area contributed by atoms with Crippen molar-refractivity contribution >= 4 is 39.5 Å². The molecule has 1 N–H and O–H groups in total. The van der Waals surface area contributed by atoms with E-state index in [4.69, 9.17) is 12.2 Å². The minimum absolute atomic E-state index is 0.778. The van der Waals surface area contributed by atoms with Crippen LogP contribution in [0, 0.1) is 11.7 Å². The molecule has 0 aromatic carbocycles. The van der Waals surface area contributed by atoms with Gasteiger partial charge in [-0.15, -0.1) is 11.3 Å². The highest BCUT2D eigenvalue weighted by atomic mass is 79.9. The minimum Gasteiger partial charge on any atom is -0.337 e. The molecule has 0 aliphatic heterocycles. The van der Waals surface area contributed by atoms with Gasteiger partial charge in [0.15, 0.2) is 4.77 Å². The molecule has 0 aliphatic rings. The van der Waals surface area contributed by atoms with E-state index < -0.39 is 0 Å². The minimum atomic E-state index is 0.778. The molecular weight excluding hydrogens is 280 g/mol. The Balaban J connectivity index is 2.36. The van der Waals surface area contributed by atoms with Crippen molar-refractivity contribution in [1.82, 2.24) is 9.55 Å². The summed E-state index contributed by atoms with van der Waals surface area (Å²) >= 11 is 10.4. The number of rotatable bonds is 2. The Kier molecular flexibility index (Phi) is 2.90. The summed E-state index contributed by atoms with van der Waals surface area (Å²) in [6.07, 6.45) is 1.93. The fourth-order valence-electron chi connectivity index (χ4n) is 1.28. The fourth-order valence-corrected chi connectivity index (χ4v) is 2.77. The Morgan fingerprint density at radius 1 is 1.64 bits per heavy atom. The fraction of sp³-hybridized carbons (Fsp3) is 0.222. The molecule has 0 unspecified atom stereocenters. The SMILES string of the molecule is Cc1c[nH]c(=S)n1Cc1ccsc1Br. The first kappa shape index (κ1) is 10.1. The molecule has 74 valence electrons. The van der Waals surface area contributed by atoms with Crippen LogP contribution in [0.2, 0.25) is 0 Å². The van der Waals surface area contributed by atoms with Gasteiger partial charge >= 0.3 is 0 Å². The molecule has 0 atom stereocenters. The summed E-state index contributed by atoms with van der Waals surface area (Å²) in [7, 11) is 0. The summed E-state index contributed by atoms with van der Waals surface area (Å²) in [5, 5.41) is 2.07. The predicted octanol–water partition coefficient (Wildman–Crippen LogP) is 3.73. The van der Waals surface area contributed by atoms with E-state index in [0.717, 1.165) is 17.0 Å². The van der Waals surface area contributed by atoms with Gasteiger partial charge in [-0.3, -0.25) is 0 Å². The number of aromatic amines is 1. The monoisotopic (exact) mass is 288 g/mol. The Bertz CT molecular complexity index is 495. The molecule has 0 bridgehead atoms. The summed E-state index contributed by atoms with van der Waals surface area (Å²) in [5.41, 5.74) is 2.43. The normalized spacial score (nSPS) is 10.7. The van der Waals surface area contributed by atoms with Gasteiger partial charge in [-0.25, -0.2) is 0 Å². The second-order valence-corrected chi connectivity index (χ2v) is 5.66. The van der Waals surface area contributed by atoms with Crippen molar-refractivity contribution < 1.29 is 0 Å². The Hall–Kier alpha value is -0.390. The third-order valence-electron chi connectivity index (χ3n) is 2.10. The first-order valence-electron chi connectivity index (χ1n) is 4.15. The maximum atomic E-state index is 5.18.